The van der Waals surface area contributed by atoms with Crippen molar-refractivity contribution in [1.82, 2.24) is 24.8 Å². The maximum absolute atomic E-state index is 5.82. The van der Waals surface area contributed by atoms with Crippen molar-refractivity contribution in [3.8, 4) is 5.75 Å². The number of hydrogen-bond acceptors (Lipinski definition) is 7. The summed E-state index contributed by atoms with van der Waals surface area (Å²) in [5.74, 6) is 6.82. The van der Waals surface area contributed by atoms with E-state index in [0.29, 0.717) is 0 Å². The molecule has 0 aliphatic rings. The van der Waals surface area contributed by atoms with Gasteiger partial charge < -0.3 is 4.74 Å². The highest BCUT2D eigenvalue weighted by molar-refractivity contribution is 7.05. The Kier molecular flexibility index (Phi) is 5.27. The van der Waals surface area contributed by atoms with Crippen LogP contribution in [-0.4, -0.2) is 26.5 Å². The number of aromatic nitrogens is 4. The van der Waals surface area contributed by atoms with Crippen molar-refractivity contribution in [2.24, 2.45) is 5.84 Å². The molecule has 0 aliphatic heterocycles. The summed E-state index contributed by atoms with van der Waals surface area (Å²) in [4.78, 5) is 1.00. The van der Waals surface area contributed by atoms with E-state index in [1.165, 1.54) is 11.5 Å². The third-order valence-corrected chi connectivity index (χ3v) is 4.09. The average Bonchev–Trinajstić information content (AvgIpc) is 3.08. The molecule has 2 aromatic heterocycles. The molecule has 0 spiro atoms. The van der Waals surface area contributed by atoms with Gasteiger partial charge in [-0.25, -0.2) is 5.43 Å². The summed E-state index contributed by atoms with van der Waals surface area (Å²) < 4.78 is 11.4. The summed E-state index contributed by atoms with van der Waals surface area (Å²) in [5.41, 5.74) is 4.73. The quantitative estimate of drug-likeness (QED) is 0.599. The summed E-state index contributed by atoms with van der Waals surface area (Å²) in [5, 5.41) is 8.62. The van der Waals surface area contributed by atoms with Gasteiger partial charge in [-0.2, -0.15) is 5.10 Å². The Hall–Kier alpha value is -1.51. The van der Waals surface area contributed by atoms with Crippen LogP contribution in [0.25, 0.3) is 0 Å². The van der Waals surface area contributed by atoms with Crippen molar-refractivity contribution in [2.75, 3.05) is 7.11 Å². The maximum Gasteiger partial charge on any atom is 0.162 e. The summed E-state index contributed by atoms with van der Waals surface area (Å²) >= 11 is 1.35. The first kappa shape index (κ1) is 15.9. The Labute approximate surface area is 128 Å². The highest BCUT2D eigenvalue weighted by atomic mass is 32.1. The van der Waals surface area contributed by atoms with Crippen molar-refractivity contribution >= 4 is 11.5 Å². The van der Waals surface area contributed by atoms with Crippen LogP contribution in [0.1, 0.15) is 55.4 Å². The van der Waals surface area contributed by atoms with Gasteiger partial charge in [0.05, 0.1) is 23.9 Å². The van der Waals surface area contributed by atoms with E-state index in [1.807, 2.05) is 4.68 Å². The van der Waals surface area contributed by atoms with E-state index in [-0.39, 0.29) is 12.0 Å². The van der Waals surface area contributed by atoms with Gasteiger partial charge in [0.25, 0.3) is 0 Å². The van der Waals surface area contributed by atoms with Gasteiger partial charge in [0.15, 0.2) is 5.75 Å². The fraction of sp³-hybridized carbons (Fsp3) is 0.615. The molecule has 1 unspecified atom stereocenters. The van der Waals surface area contributed by atoms with E-state index in [4.69, 9.17) is 10.6 Å². The Balaban J connectivity index is 2.50. The second kappa shape index (κ2) is 6.97. The number of methoxy groups -OCH3 is 1. The van der Waals surface area contributed by atoms with E-state index < -0.39 is 0 Å². The molecule has 0 saturated heterocycles. The fourth-order valence-corrected chi connectivity index (χ4v) is 3.17. The zero-order chi connectivity index (χ0) is 15.4. The molecule has 0 aromatic carbocycles. The number of nitrogens with two attached hydrogens (primary N) is 1. The lowest BCUT2D eigenvalue weighted by Gasteiger charge is -2.19. The number of hydrogen-bond donors (Lipinski definition) is 2. The molecule has 3 N–H and O–H groups in total. The number of rotatable bonds is 7. The molecule has 1 atom stereocenters. The summed E-state index contributed by atoms with van der Waals surface area (Å²) in [6.45, 7) is 7.10. The molecule has 0 amide bonds. The van der Waals surface area contributed by atoms with Crippen molar-refractivity contribution in [3.63, 3.8) is 0 Å². The predicted octanol–water partition coefficient (Wildman–Crippen LogP) is 1.83. The molecule has 8 heteroatoms. The van der Waals surface area contributed by atoms with Crippen molar-refractivity contribution < 1.29 is 4.74 Å². The number of aryl methyl sites for hydroxylation is 1. The molecule has 0 fully saturated rings. The molecular formula is C13H22N6OS. The Morgan fingerprint density at radius 2 is 2.24 bits per heavy atom. The molecule has 0 saturated carbocycles. The van der Waals surface area contributed by atoms with Gasteiger partial charge in [-0.3, -0.25) is 10.5 Å². The molecule has 7 nitrogen and oxygen atoms in total. The lowest BCUT2D eigenvalue weighted by atomic mass is 10.0. The average molecular weight is 310 g/mol. The van der Waals surface area contributed by atoms with E-state index in [1.54, 1.807) is 13.3 Å². The standard InChI is InChI=1S/C13H22N6OS/c1-5-6-19-12(9(20-4)7-15-19)11(16-14)13-10(8(2)3)17-18-21-13/h7-8,11,16H,5-6,14H2,1-4H3. The zero-order valence-electron chi connectivity index (χ0n) is 12.8. The van der Waals surface area contributed by atoms with E-state index in [0.717, 1.165) is 35.0 Å². The molecule has 0 aliphatic carbocycles. The Morgan fingerprint density at radius 1 is 1.48 bits per heavy atom. The SMILES string of the molecule is CCCn1ncc(OC)c1C(NN)c1snnc1C(C)C. The first-order valence-electron chi connectivity index (χ1n) is 7.01. The van der Waals surface area contributed by atoms with Crippen LogP contribution in [0.15, 0.2) is 6.20 Å². The molecule has 2 heterocycles. The molecule has 0 bridgehead atoms. The highest BCUT2D eigenvalue weighted by Crippen LogP contribution is 2.34. The maximum atomic E-state index is 5.82. The van der Waals surface area contributed by atoms with Crippen molar-refractivity contribution in [1.29, 1.82) is 0 Å². The molecule has 0 radical (unpaired) electrons. The molecular weight excluding hydrogens is 288 g/mol. The number of hydrazine groups is 1. The minimum absolute atomic E-state index is 0.230. The van der Waals surface area contributed by atoms with Crippen molar-refractivity contribution in [3.05, 3.63) is 22.5 Å². The van der Waals surface area contributed by atoms with Gasteiger partial charge in [-0.1, -0.05) is 25.3 Å². The van der Waals surface area contributed by atoms with Crippen LogP contribution in [-0.2, 0) is 6.54 Å². The van der Waals surface area contributed by atoms with Gasteiger partial charge in [-0.15, -0.1) is 5.10 Å². The summed E-state index contributed by atoms with van der Waals surface area (Å²) in [6.07, 6.45) is 2.70. The Morgan fingerprint density at radius 3 is 2.81 bits per heavy atom. The second-order valence-electron chi connectivity index (χ2n) is 5.10. The molecule has 2 rings (SSSR count). The largest absolute Gasteiger partial charge is 0.493 e. The predicted molar refractivity (Wildman–Crippen MR) is 82.2 cm³/mol. The second-order valence-corrected chi connectivity index (χ2v) is 5.88. The highest BCUT2D eigenvalue weighted by Gasteiger charge is 2.28. The summed E-state index contributed by atoms with van der Waals surface area (Å²) in [6, 6.07) is -0.230. The first-order chi connectivity index (χ1) is 10.1. The third kappa shape index (κ3) is 3.07. The molecule has 21 heavy (non-hydrogen) atoms. The number of nitrogens with zero attached hydrogens (tertiary/aromatic N) is 4. The number of nitrogens with one attached hydrogen (secondary N) is 1. The minimum Gasteiger partial charge on any atom is -0.493 e. The lowest BCUT2D eigenvalue weighted by Crippen LogP contribution is -2.31. The third-order valence-electron chi connectivity index (χ3n) is 3.29. The topological polar surface area (TPSA) is 90.9 Å². The molecule has 2 aromatic rings. The van der Waals surface area contributed by atoms with Gasteiger partial charge in [0, 0.05) is 6.54 Å². The smallest absolute Gasteiger partial charge is 0.162 e. The monoisotopic (exact) mass is 310 g/mol. The van der Waals surface area contributed by atoms with Gasteiger partial charge in [0.2, 0.25) is 0 Å². The summed E-state index contributed by atoms with van der Waals surface area (Å²) in [7, 11) is 1.64. The van der Waals surface area contributed by atoms with Crippen LogP contribution in [0.2, 0.25) is 0 Å². The number of ether oxygens (including phenoxy) is 1. The minimum atomic E-state index is -0.230. The zero-order valence-corrected chi connectivity index (χ0v) is 13.6. The van der Waals surface area contributed by atoms with Gasteiger partial charge in [0.1, 0.15) is 11.7 Å². The van der Waals surface area contributed by atoms with Crippen molar-refractivity contribution in [2.45, 2.75) is 45.7 Å². The van der Waals surface area contributed by atoms with Gasteiger partial charge in [-0.05, 0) is 23.9 Å². The van der Waals surface area contributed by atoms with Crippen LogP contribution < -0.4 is 16.0 Å². The van der Waals surface area contributed by atoms with E-state index in [2.05, 4.69) is 40.9 Å². The van der Waals surface area contributed by atoms with Gasteiger partial charge >= 0.3 is 0 Å². The van der Waals surface area contributed by atoms with Crippen LogP contribution in [0.4, 0.5) is 0 Å². The normalized spacial score (nSPS) is 12.9. The van der Waals surface area contributed by atoms with Crippen LogP contribution >= 0.6 is 11.5 Å². The van der Waals surface area contributed by atoms with Crippen LogP contribution in [0, 0.1) is 0 Å². The van der Waals surface area contributed by atoms with Crippen LogP contribution in [0.5, 0.6) is 5.75 Å². The van der Waals surface area contributed by atoms with E-state index in [9.17, 15) is 0 Å². The molecule has 116 valence electrons. The van der Waals surface area contributed by atoms with E-state index >= 15 is 0 Å². The first-order valence-corrected chi connectivity index (χ1v) is 7.79. The Bertz CT molecular complexity index is 579. The fourth-order valence-electron chi connectivity index (χ4n) is 2.30. The van der Waals surface area contributed by atoms with Crippen LogP contribution in [0.3, 0.4) is 0 Å². The lowest BCUT2D eigenvalue weighted by molar-refractivity contribution is 0.398.